The molecule has 0 saturated heterocycles. The van der Waals surface area contributed by atoms with Gasteiger partial charge in [-0.25, -0.2) is 4.79 Å². The van der Waals surface area contributed by atoms with Crippen molar-refractivity contribution in [2.24, 2.45) is 0 Å². The third kappa shape index (κ3) is 3.46. The topological polar surface area (TPSA) is 54.0 Å². The minimum Gasteiger partial charge on any atom is -0.308 e. The van der Waals surface area contributed by atoms with Crippen molar-refractivity contribution in [2.45, 2.75) is 6.92 Å². The third-order valence-electron chi connectivity index (χ3n) is 2.22. The number of rotatable bonds is 2. The number of nitrogens with zero attached hydrogens (tertiary/aromatic N) is 1. The van der Waals surface area contributed by atoms with E-state index in [1.54, 1.807) is 36.7 Å². The number of hydrogen-bond acceptors (Lipinski definition) is 2. The van der Waals surface area contributed by atoms with Crippen molar-refractivity contribution >= 4 is 29.0 Å². The highest BCUT2D eigenvalue weighted by molar-refractivity contribution is 6.30. The van der Waals surface area contributed by atoms with Gasteiger partial charge < -0.3 is 10.6 Å². The van der Waals surface area contributed by atoms with E-state index in [4.69, 9.17) is 11.6 Å². The number of urea groups is 1. The number of benzene rings is 1. The summed E-state index contributed by atoms with van der Waals surface area (Å²) in [5.41, 5.74) is 2.27. The summed E-state index contributed by atoms with van der Waals surface area (Å²) < 4.78 is 0. The van der Waals surface area contributed by atoms with Gasteiger partial charge in [0.1, 0.15) is 0 Å². The van der Waals surface area contributed by atoms with Gasteiger partial charge in [-0.2, -0.15) is 0 Å². The normalized spacial score (nSPS) is 9.89. The first-order valence-corrected chi connectivity index (χ1v) is 5.76. The number of pyridine rings is 1. The van der Waals surface area contributed by atoms with Crippen LogP contribution in [0.5, 0.6) is 0 Å². The molecular weight excluding hydrogens is 250 g/mol. The molecular formula is C13H12ClN3O. The number of carbonyl (C=O) groups excluding carboxylic acids is 1. The van der Waals surface area contributed by atoms with Crippen molar-refractivity contribution in [3.63, 3.8) is 0 Å². The summed E-state index contributed by atoms with van der Waals surface area (Å²) in [7, 11) is 0. The monoisotopic (exact) mass is 261 g/mol. The number of anilines is 2. The van der Waals surface area contributed by atoms with Crippen LogP contribution < -0.4 is 10.6 Å². The van der Waals surface area contributed by atoms with Gasteiger partial charge in [0, 0.05) is 16.9 Å². The van der Waals surface area contributed by atoms with Gasteiger partial charge in [0.25, 0.3) is 0 Å². The molecule has 1 aromatic heterocycles. The molecule has 0 fully saturated rings. The number of aryl methyl sites for hydroxylation is 1. The second kappa shape index (κ2) is 5.51. The van der Waals surface area contributed by atoms with Crippen LogP contribution in [0.2, 0.25) is 5.02 Å². The smallest absolute Gasteiger partial charge is 0.308 e. The largest absolute Gasteiger partial charge is 0.323 e. The minimum absolute atomic E-state index is 0.329. The second-order valence-corrected chi connectivity index (χ2v) is 4.28. The van der Waals surface area contributed by atoms with E-state index in [0.717, 1.165) is 5.56 Å². The molecule has 0 bridgehead atoms. The Balaban J connectivity index is 2.01. The number of carbonyl (C=O) groups is 1. The number of aromatic nitrogens is 1. The van der Waals surface area contributed by atoms with E-state index in [1.165, 1.54) is 0 Å². The third-order valence-corrected chi connectivity index (χ3v) is 2.45. The molecule has 0 radical (unpaired) electrons. The number of nitrogens with one attached hydrogen (secondary N) is 2. The second-order valence-electron chi connectivity index (χ2n) is 3.84. The SMILES string of the molecule is Cc1cncc(NC(=O)Nc2cccc(Cl)c2)c1. The van der Waals surface area contributed by atoms with E-state index in [0.29, 0.717) is 16.4 Å². The van der Waals surface area contributed by atoms with Crippen molar-refractivity contribution < 1.29 is 4.79 Å². The highest BCUT2D eigenvalue weighted by Gasteiger charge is 2.03. The van der Waals surface area contributed by atoms with Gasteiger partial charge >= 0.3 is 6.03 Å². The molecule has 0 aliphatic carbocycles. The lowest BCUT2D eigenvalue weighted by Gasteiger charge is -2.07. The van der Waals surface area contributed by atoms with Crippen LogP contribution in [0, 0.1) is 6.92 Å². The lowest BCUT2D eigenvalue weighted by Crippen LogP contribution is -2.19. The van der Waals surface area contributed by atoms with Crippen molar-refractivity contribution in [2.75, 3.05) is 10.6 Å². The summed E-state index contributed by atoms with van der Waals surface area (Å²) in [6.45, 7) is 1.91. The van der Waals surface area contributed by atoms with Gasteiger partial charge in [-0.1, -0.05) is 17.7 Å². The van der Waals surface area contributed by atoms with E-state index in [1.807, 2.05) is 13.0 Å². The fourth-order valence-electron chi connectivity index (χ4n) is 1.48. The zero-order chi connectivity index (χ0) is 13.0. The van der Waals surface area contributed by atoms with Crippen LogP contribution in [0.4, 0.5) is 16.2 Å². The predicted molar refractivity (Wildman–Crippen MR) is 73.1 cm³/mol. The molecule has 18 heavy (non-hydrogen) atoms. The molecule has 0 unspecified atom stereocenters. The summed E-state index contributed by atoms with van der Waals surface area (Å²) >= 11 is 5.83. The molecule has 2 aromatic rings. The molecule has 0 aliphatic heterocycles. The molecule has 0 aliphatic rings. The van der Waals surface area contributed by atoms with Gasteiger partial charge in [0.15, 0.2) is 0 Å². The van der Waals surface area contributed by atoms with Crippen LogP contribution >= 0.6 is 11.6 Å². The Bertz CT molecular complexity index is 522. The van der Waals surface area contributed by atoms with E-state index in [9.17, 15) is 4.79 Å². The fourth-order valence-corrected chi connectivity index (χ4v) is 1.67. The Morgan fingerprint density at radius 3 is 2.67 bits per heavy atom. The van der Waals surface area contributed by atoms with E-state index in [2.05, 4.69) is 15.6 Å². The average molecular weight is 262 g/mol. The molecule has 0 atom stereocenters. The molecule has 5 heteroatoms. The minimum atomic E-state index is -0.329. The standard InChI is InChI=1S/C13H12ClN3O/c1-9-5-12(8-15-7-9)17-13(18)16-11-4-2-3-10(14)6-11/h2-8H,1H3,(H2,16,17,18). The molecule has 92 valence electrons. The van der Waals surface area contributed by atoms with Crippen LogP contribution in [0.15, 0.2) is 42.7 Å². The van der Waals surface area contributed by atoms with Crippen LogP contribution in [0.3, 0.4) is 0 Å². The molecule has 2 rings (SSSR count). The zero-order valence-corrected chi connectivity index (χ0v) is 10.5. The van der Waals surface area contributed by atoms with E-state index < -0.39 is 0 Å². The number of hydrogen-bond donors (Lipinski definition) is 2. The lowest BCUT2D eigenvalue weighted by atomic mass is 10.3. The van der Waals surface area contributed by atoms with Gasteiger partial charge in [-0.3, -0.25) is 4.98 Å². The quantitative estimate of drug-likeness (QED) is 0.866. The lowest BCUT2D eigenvalue weighted by molar-refractivity contribution is 0.262. The van der Waals surface area contributed by atoms with Crippen molar-refractivity contribution in [3.8, 4) is 0 Å². The predicted octanol–water partition coefficient (Wildman–Crippen LogP) is 3.69. The molecule has 0 spiro atoms. The Kier molecular flexibility index (Phi) is 3.79. The molecule has 4 nitrogen and oxygen atoms in total. The van der Waals surface area contributed by atoms with Crippen LogP contribution in [-0.2, 0) is 0 Å². The Morgan fingerprint density at radius 2 is 1.94 bits per heavy atom. The van der Waals surface area contributed by atoms with Crippen LogP contribution in [0.1, 0.15) is 5.56 Å². The Morgan fingerprint density at radius 1 is 1.17 bits per heavy atom. The summed E-state index contributed by atoms with van der Waals surface area (Å²) in [5.74, 6) is 0. The van der Waals surface area contributed by atoms with Crippen molar-refractivity contribution in [1.29, 1.82) is 0 Å². The van der Waals surface area contributed by atoms with Crippen LogP contribution in [0.25, 0.3) is 0 Å². The number of amides is 2. The zero-order valence-electron chi connectivity index (χ0n) is 9.77. The Hall–Kier alpha value is -2.07. The van der Waals surface area contributed by atoms with Gasteiger partial charge in [0.05, 0.1) is 11.9 Å². The molecule has 1 aromatic carbocycles. The average Bonchev–Trinajstić information content (AvgIpc) is 2.28. The fraction of sp³-hybridized carbons (Fsp3) is 0.0769. The van der Waals surface area contributed by atoms with Gasteiger partial charge in [0.2, 0.25) is 0 Å². The van der Waals surface area contributed by atoms with Gasteiger partial charge in [-0.15, -0.1) is 0 Å². The molecule has 2 amide bonds. The highest BCUT2D eigenvalue weighted by atomic mass is 35.5. The van der Waals surface area contributed by atoms with Crippen LogP contribution in [-0.4, -0.2) is 11.0 Å². The Labute approximate surface area is 110 Å². The van der Waals surface area contributed by atoms with Crippen molar-refractivity contribution in [3.05, 3.63) is 53.3 Å². The summed E-state index contributed by atoms with van der Waals surface area (Å²) in [4.78, 5) is 15.7. The molecule has 0 saturated carbocycles. The van der Waals surface area contributed by atoms with E-state index >= 15 is 0 Å². The maximum Gasteiger partial charge on any atom is 0.323 e. The molecule has 1 heterocycles. The first-order chi connectivity index (χ1) is 8.63. The highest BCUT2D eigenvalue weighted by Crippen LogP contribution is 2.15. The van der Waals surface area contributed by atoms with Crippen molar-refractivity contribution in [1.82, 2.24) is 4.98 Å². The van der Waals surface area contributed by atoms with Gasteiger partial charge in [-0.05, 0) is 36.8 Å². The first-order valence-electron chi connectivity index (χ1n) is 5.39. The summed E-state index contributed by atoms with van der Waals surface area (Å²) in [6.07, 6.45) is 3.31. The number of halogens is 1. The maximum atomic E-state index is 11.7. The van der Waals surface area contributed by atoms with E-state index in [-0.39, 0.29) is 6.03 Å². The summed E-state index contributed by atoms with van der Waals surface area (Å²) in [5, 5.41) is 5.96. The summed E-state index contributed by atoms with van der Waals surface area (Å²) in [6, 6.07) is 8.46. The first kappa shape index (κ1) is 12.4. The molecule has 2 N–H and O–H groups in total. The maximum absolute atomic E-state index is 11.7.